The Morgan fingerprint density at radius 2 is 1.86 bits per heavy atom. The molecule has 1 heterocycles. The van der Waals surface area contributed by atoms with Crippen LogP contribution < -0.4 is 10.6 Å². The Balaban J connectivity index is 1.93. The highest BCUT2D eigenvalue weighted by Gasteiger charge is 2.08. The van der Waals surface area contributed by atoms with Gasteiger partial charge in [0.15, 0.2) is 0 Å². The summed E-state index contributed by atoms with van der Waals surface area (Å²) in [6, 6.07) is 8.36. The van der Waals surface area contributed by atoms with Crippen LogP contribution in [0.3, 0.4) is 0 Å². The number of aromatic nitrogens is 2. The van der Waals surface area contributed by atoms with Crippen molar-refractivity contribution in [2.75, 3.05) is 5.32 Å². The number of rotatable bonds is 5. The van der Waals surface area contributed by atoms with Gasteiger partial charge in [0.25, 0.3) is 5.91 Å². The van der Waals surface area contributed by atoms with Crippen molar-refractivity contribution in [2.24, 2.45) is 0 Å². The molecule has 1 aromatic carbocycles. The lowest BCUT2D eigenvalue weighted by atomic mass is 10.1. The predicted molar refractivity (Wildman–Crippen MR) is 83.1 cm³/mol. The second kappa shape index (κ2) is 6.83. The maximum atomic E-state index is 11.7. The van der Waals surface area contributed by atoms with Crippen LogP contribution in [0.15, 0.2) is 36.7 Å². The van der Waals surface area contributed by atoms with Crippen LogP contribution in [-0.4, -0.2) is 21.9 Å². The first-order valence-corrected chi connectivity index (χ1v) is 6.97. The van der Waals surface area contributed by atoms with Crippen molar-refractivity contribution in [3.05, 3.63) is 53.5 Å². The average Bonchev–Trinajstić information content (AvgIpc) is 2.46. The number of amides is 1. The standard InChI is InChI=1S/C16H20N4O/c1-11(2)20-16(21)14-9-19-15(10-17-14)18-8-13-6-4-12(3)5-7-13/h4-7,9-11H,8H2,1-3H3,(H,18,19)(H,20,21). The molecule has 21 heavy (non-hydrogen) atoms. The molecule has 0 unspecified atom stereocenters. The van der Waals surface area contributed by atoms with E-state index in [1.807, 2.05) is 13.8 Å². The minimum atomic E-state index is -0.206. The van der Waals surface area contributed by atoms with Crippen LogP contribution in [0.5, 0.6) is 0 Å². The van der Waals surface area contributed by atoms with Crippen molar-refractivity contribution in [3.63, 3.8) is 0 Å². The molecule has 0 atom stereocenters. The fraction of sp³-hybridized carbons (Fsp3) is 0.312. The van der Waals surface area contributed by atoms with Gasteiger partial charge < -0.3 is 10.6 Å². The van der Waals surface area contributed by atoms with Crippen molar-refractivity contribution in [1.29, 1.82) is 0 Å². The summed E-state index contributed by atoms with van der Waals surface area (Å²) >= 11 is 0. The lowest BCUT2D eigenvalue weighted by molar-refractivity contribution is 0.0937. The lowest BCUT2D eigenvalue weighted by Crippen LogP contribution is -2.30. The number of carbonyl (C=O) groups is 1. The van der Waals surface area contributed by atoms with Crippen LogP contribution in [0.4, 0.5) is 5.82 Å². The minimum Gasteiger partial charge on any atom is -0.365 e. The summed E-state index contributed by atoms with van der Waals surface area (Å²) in [5.74, 6) is 0.444. The normalized spacial score (nSPS) is 10.5. The molecule has 0 bridgehead atoms. The van der Waals surface area contributed by atoms with Crippen LogP contribution >= 0.6 is 0 Å². The molecule has 110 valence electrons. The number of nitrogens with zero attached hydrogens (tertiary/aromatic N) is 2. The van der Waals surface area contributed by atoms with Gasteiger partial charge in [-0.1, -0.05) is 29.8 Å². The van der Waals surface area contributed by atoms with Gasteiger partial charge in [-0.2, -0.15) is 0 Å². The van der Waals surface area contributed by atoms with Crippen molar-refractivity contribution in [1.82, 2.24) is 15.3 Å². The molecule has 2 aromatic rings. The molecule has 0 aliphatic heterocycles. The number of hydrogen-bond donors (Lipinski definition) is 2. The molecule has 0 fully saturated rings. The van der Waals surface area contributed by atoms with Crippen LogP contribution in [0.2, 0.25) is 0 Å². The fourth-order valence-corrected chi connectivity index (χ4v) is 1.77. The first kappa shape index (κ1) is 15.0. The maximum absolute atomic E-state index is 11.7. The zero-order chi connectivity index (χ0) is 15.2. The SMILES string of the molecule is Cc1ccc(CNc2cnc(C(=O)NC(C)C)cn2)cc1. The Morgan fingerprint density at radius 3 is 2.43 bits per heavy atom. The third kappa shape index (κ3) is 4.56. The van der Waals surface area contributed by atoms with E-state index in [2.05, 4.69) is 51.8 Å². The molecule has 0 saturated heterocycles. The maximum Gasteiger partial charge on any atom is 0.271 e. The molecule has 5 heteroatoms. The number of nitrogens with one attached hydrogen (secondary N) is 2. The van der Waals surface area contributed by atoms with E-state index in [1.165, 1.54) is 17.3 Å². The number of aryl methyl sites for hydroxylation is 1. The third-order valence-corrected chi connectivity index (χ3v) is 2.90. The molecule has 2 N–H and O–H groups in total. The Labute approximate surface area is 124 Å². The van der Waals surface area contributed by atoms with E-state index < -0.39 is 0 Å². The van der Waals surface area contributed by atoms with E-state index in [9.17, 15) is 4.79 Å². The molecular formula is C16H20N4O. The predicted octanol–water partition coefficient (Wildman–Crippen LogP) is 2.54. The molecule has 0 saturated carbocycles. The minimum absolute atomic E-state index is 0.0821. The van der Waals surface area contributed by atoms with Gasteiger partial charge >= 0.3 is 0 Å². The van der Waals surface area contributed by atoms with Gasteiger partial charge in [-0.05, 0) is 26.3 Å². The van der Waals surface area contributed by atoms with E-state index in [0.717, 1.165) is 0 Å². The Hall–Kier alpha value is -2.43. The lowest BCUT2D eigenvalue weighted by Gasteiger charge is -2.08. The summed E-state index contributed by atoms with van der Waals surface area (Å²) in [7, 11) is 0. The summed E-state index contributed by atoms with van der Waals surface area (Å²) in [6.07, 6.45) is 3.05. The Bertz CT molecular complexity index is 591. The first-order chi connectivity index (χ1) is 10.0. The zero-order valence-corrected chi connectivity index (χ0v) is 12.6. The van der Waals surface area contributed by atoms with Gasteiger partial charge in [0.1, 0.15) is 11.5 Å². The van der Waals surface area contributed by atoms with Crippen molar-refractivity contribution < 1.29 is 4.79 Å². The van der Waals surface area contributed by atoms with Gasteiger partial charge in [0.05, 0.1) is 12.4 Å². The van der Waals surface area contributed by atoms with Gasteiger partial charge in [-0.15, -0.1) is 0 Å². The van der Waals surface area contributed by atoms with Gasteiger partial charge in [-0.3, -0.25) is 4.79 Å². The Kier molecular flexibility index (Phi) is 4.87. The van der Waals surface area contributed by atoms with Gasteiger partial charge in [0.2, 0.25) is 0 Å². The fourth-order valence-electron chi connectivity index (χ4n) is 1.77. The van der Waals surface area contributed by atoms with E-state index in [-0.39, 0.29) is 11.9 Å². The second-order valence-corrected chi connectivity index (χ2v) is 5.25. The van der Waals surface area contributed by atoms with Crippen LogP contribution in [-0.2, 0) is 6.54 Å². The van der Waals surface area contributed by atoms with Crippen molar-refractivity contribution in [2.45, 2.75) is 33.4 Å². The number of anilines is 1. The molecular weight excluding hydrogens is 264 g/mol. The first-order valence-electron chi connectivity index (χ1n) is 6.97. The topological polar surface area (TPSA) is 66.9 Å². The van der Waals surface area contributed by atoms with Crippen molar-refractivity contribution >= 4 is 11.7 Å². The van der Waals surface area contributed by atoms with Crippen LogP contribution in [0, 0.1) is 6.92 Å². The average molecular weight is 284 g/mol. The molecule has 2 rings (SSSR count). The van der Waals surface area contributed by atoms with E-state index in [4.69, 9.17) is 0 Å². The second-order valence-electron chi connectivity index (χ2n) is 5.25. The molecule has 5 nitrogen and oxygen atoms in total. The quantitative estimate of drug-likeness (QED) is 0.885. The smallest absolute Gasteiger partial charge is 0.271 e. The molecule has 0 radical (unpaired) electrons. The molecule has 0 spiro atoms. The summed E-state index contributed by atoms with van der Waals surface area (Å²) in [6.45, 7) is 6.54. The number of benzene rings is 1. The van der Waals surface area contributed by atoms with E-state index >= 15 is 0 Å². The molecule has 0 aliphatic rings. The highest BCUT2D eigenvalue weighted by Crippen LogP contribution is 2.07. The molecule has 1 aromatic heterocycles. The van der Waals surface area contributed by atoms with Gasteiger partial charge in [0, 0.05) is 12.6 Å². The largest absolute Gasteiger partial charge is 0.365 e. The highest BCUT2D eigenvalue weighted by atomic mass is 16.1. The van der Waals surface area contributed by atoms with E-state index in [0.29, 0.717) is 18.1 Å². The number of carbonyl (C=O) groups excluding carboxylic acids is 1. The monoisotopic (exact) mass is 284 g/mol. The summed E-state index contributed by atoms with van der Waals surface area (Å²) in [5, 5.41) is 5.96. The van der Waals surface area contributed by atoms with E-state index in [1.54, 1.807) is 6.20 Å². The molecule has 1 amide bonds. The zero-order valence-electron chi connectivity index (χ0n) is 12.6. The summed E-state index contributed by atoms with van der Waals surface area (Å²) < 4.78 is 0. The van der Waals surface area contributed by atoms with Crippen LogP contribution in [0.1, 0.15) is 35.5 Å². The van der Waals surface area contributed by atoms with Crippen LogP contribution in [0.25, 0.3) is 0 Å². The third-order valence-electron chi connectivity index (χ3n) is 2.90. The van der Waals surface area contributed by atoms with Gasteiger partial charge in [-0.25, -0.2) is 9.97 Å². The summed E-state index contributed by atoms with van der Waals surface area (Å²) in [4.78, 5) is 20.1. The highest BCUT2D eigenvalue weighted by molar-refractivity contribution is 5.92. The number of hydrogen-bond acceptors (Lipinski definition) is 4. The summed E-state index contributed by atoms with van der Waals surface area (Å²) in [5.41, 5.74) is 2.73. The van der Waals surface area contributed by atoms with Crippen molar-refractivity contribution in [3.8, 4) is 0 Å². The molecule has 0 aliphatic carbocycles. The Morgan fingerprint density at radius 1 is 1.14 bits per heavy atom.